The predicted octanol–water partition coefficient (Wildman–Crippen LogP) is 5.87. The lowest BCUT2D eigenvalue weighted by Gasteiger charge is -2.07. The largest absolute Gasteiger partial charge is 0.300 e. The van der Waals surface area contributed by atoms with Crippen LogP contribution in [0.4, 0.5) is 4.39 Å². The highest BCUT2D eigenvalue weighted by Crippen LogP contribution is 2.18. The van der Waals surface area contributed by atoms with E-state index in [0.717, 1.165) is 16.6 Å². The Morgan fingerprint density at radius 1 is 1.12 bits per heavy atom. The summed E-state index contributed by atoms with van der Waals surface area (Å²) >= 11 is 0. The van der Waals surface area contributed by atoms with Crippen LogP contribution >= 0.6 is 0 Å². The van der Waals surface area contributed by atoms with Gasteiger partial charge in [0.05, 0.1) is 17.4 Å². The summed E-state index contributed by atoms with van der Waals surface area (Å²) in [5.74, 6) is 0.184. The number of halogens is 1. The first-order valence-electron chi connectivity index (χ1n) is 8.94. The van der Waals surface area contributed by atoms with Crippen LogP contribution in [0.15, 0.2) is 53.9 Å². The lowest BCUT2D eigenvalue weighted by Crippen LogP contribution is -2.02. The Bertz CT molecular complexity index is 879. The van der Waals surface area contributed by atoms with Gasteiger partial charge in [0.1, 0.15) is 5.82 Å². The van der Waals surface area contributed by atoms with Gasteiger partial charge in [0, 0.05) is 30.0 Å². The average Bonchev–Trinajstić information content (AvgIpc) is 3.05. The molecule has 0 amide bonds. The van der Waals surface area contributed by atoms with Crippen molar-refractivity contribution in [3.05, 3.63) is 66.1 Å². The van der Waals surface area contributed by atoms with Crippen LogP contribution in [0.5, 0.6) is 0 Å². The highest BCUT2D eigenvalue weighted by Gasteiger charge is 2.08. The van der Waals surface area contributed by atoms with Crippen LogP contribution in [-0.4, -0.2) is 20.7 Å². The molecule has 3 rings (SSSR count). The van der Waals surface area contributed by atoms with Crippen LogP contribution < -0.4 is 0 Å². The van der Waals surface area contributed by atoms with Crippen LogP contribution in [0.1, 0.15) is 45.9 Å². The van der Waals surface area contributed by atoms with E-state index in [-0.39, 0.29) is 0 Å². The van der Waals surface area contributed by atoms with Gasteiger partial charge >= 0.3 is 0 Å². The van der Waals surface area contributed by atoms with Crippen molar-refractivity contribution in [1.29, 1.82) is 0 Å². The molecule has 0 saturated carbocycles. The number of rotatable bonds is 3. The SMILES string of the molecule is C/C=C\N=Cc1c(C)ccn1-c1cc2nc(F)ccc2cn1.CC.CC. The molecule has 0 aliphatic heterocycles. The second-order valence-corrected chi connectivity index (χ2v) is 4.88. The molecule has 138 valence electrons. The number of allylic oxidation sites excluding steroid dienone is 1. The molecule has 4 nitrogen and oxygen atoms in total. The quantitative estimate of drug-likeness (QED) is 0.436. The van der Waals surface area contributed by atoms with Crippen LogP contribution in [0.2, 0.25) is 0 Å². The first-order chi connectivity index (χ1) is 12.7. The molecule has 0 aliphatic rings. The molecule has 0 N–H and O–H groups in total. The summed E-state index contributed by atoms with van der Waals surface area (Å²) in [5, 5.41) is 0.804. The standard InChI is InChI=1S/C17H15FN4.2C2H6/c1-3-7-19-11-15-12(2)6-8-22(15)17-9-14-13(10-20-17)4-5-16(18)21-14;2*1-2/h3-11H,1-2H3;2*1-2H3/b7-3-,19-11?;;. The fraction of sp³-hybridized carbons (Fsp3) is 0.286. The summed E-state index contributed by atoms with van der Waals surface area (Å²) in [7, 11) is 0. The molecule has 0 aliphatic carbocycles. The Kier molecular flexibility index (Phi) is 8.92. The lowest BCUT2D eigenvalue weighted by atomic mass is 10.2. The van der Waals surface area contributed by atoms with Gasteiger partial charge in [0.2, 0.25) is 5.95 Å². The van der Waals surface area contributed by atoms with E-state index in [9.17, 15) is 4.39 Å². The maximum atomic E-state index is 13.3. The molecule has 26 heavy (non-hydrogen) atoms. The van der Waals surface area contributed by atoms with Crippen molar-refractivity contribution in [2.45, 2.75) is 41.5 Å². The van der Waals surface area contributed by atoms with Crippen molar-refractivity contribution in [3.63, 3.8) is 0 Å². The Morgan fingerprint density at radius 2 is 1.85 bits per heavy atom. The van der Waals surface area contributed by atoms with E-state index in [1.807, 2.05) is 64.4 Å². The van der Waals surface area contributed by atoms with Gasteiger partial charge in [-0.3, -0.25) is 9.56 Å². The van der Waals surface area contributed by atoms with Gasteiger partial charge in [0.15, 0.2) is 0 Å². The average molecular weight is 354 g/mol. The summed E-state index contributed by atoms with van der Waals surface area (Å²) in [4.78, 5) is 12.6. The fourth-order valence-corrected chi connectivity index (χ4v) is 2.22. The van der Waals surface area contributed by atoms with Crippen molar-refractivity contribution >= 4 is 17.1 Å². The van der Waals surface area contributed by atoms with E-state index < -0.39 is 5.95 Å². The highest BCUT2D eigenvalue weighted by molar-refractivity contribution is 5.82. The third kappa shape index (κ3) is 5.09. The van der Waals surface area contributed by atoms with Gasteiger partial charge in [-0.15, -0.1) is 0 Å². The third-order valence-electron chi connectivity index (χ3n) is 3.34. The first kappa shape index (κ1) is 21.2. The smallest absolute Gasteiger partial charge is 0.213 e. The van der Waals surface area contributed by atoms with Gasteiger partial charge in [-0.1, -0.05) is 33.8 Å². The molecule has 3 aromatic rings. The molecular weight excluding hydrogens is 327 g/mol. The molecule has 0 saturated heterocycles. The van der Waals surface area contributed by atoms with E-state index in [4.69, 9.17) is 0 Å². The van der Waals surface area contributed by atoms with E-state index in [2.05, 4.69) is 15.0 Å². The first-order valence-corrected chi connectivity index (χ1v) is 8.94. The molecule has 0 unspecified atom stereocenters. The van der Waals surface area contributed by atoms with Gasteiger partial charge in [-0.2, -0.15) is 4.39 Å². The Labute approximate surface area is 155 Å². The fourth-order valence-electron chi connectivity index (χ4n) is 2.22. The van der Waals surface area contributed by atoms with Gasteiger partial charge in [0.25, 0.3) is 0 Å². The van der Waals surface area contributed by atoms with Gasteiger partial charge in [-0.05, 0) is 37.6 Å². The number of nitrogens with zero attached hydrogens (tertiary/aromatic N) is 4. The summed E-state index contributed by atoms with van der Waals surface area (Å²) in [6.07, 6.45) is 8.97. The Hall–Kier alpha value is -2.82. The molecular formula is C21H27FN4. The highest BCUT2D eigenvalue weighted by atomic mass is 19.1. The number of aliphatic imine (C=N–C) groups is 1. The van der Waals surface area contributed by atoms with E-state index in [0.29, 0.717) is 11.3 Å². The minimum Gasteiger partial charge on any atom is -0.300 e. The Balaban J connectivity index is 0.000000791. The second-order valence-electron chi connectivity index (χ2n) is 4.88. The van der Waals surface area contributed by atoms with Gasteiger partial charge < -0.3 is 0 Å². The van der Waals surface area contributed by atoms with Crippen LogP contribution in [0.3, 0.4) is 0 Å². The van der Waals surface area contributed by atoms with Gasteiger partial charge in [-0.25, -0.2) is 9.97 Å². The summed E-state index contributed by atoms with van der Waals surface area (Å²) in [6, 6.07) is 6.76. The number of hydrogen-bond acceptors (Lipinski definition) is 3. The topological polar surface area (TPSA) is 43.1 Å². The summed E-state index contributed by atoms with van der Waals surface area (Å²) in [6.45, 7) is 11.9. The van der Waals surface area contributed by atoms with E-state index >= 15 is 0 Å². The number of pyridine rings is 2. The third-order valence-corrected chi connectivity index (χ3v) is 3.34. The number of hydrogen-bond donors (Lipinski definition) is 0. The summed E-state index contributed by atoms with van der Waals surface area (Å²) < 4.78 is 15.2. The second kappa shape index (κ2) is 10.9. The van der Waals surface area contributed by atoms with Crippen LogP contribution in [-0.2, 0) is 0 Å². The van der Waals surface area contributed by atoms with Crippen LogP contribution in [0.25, 0.3) is 16.7 Å². The molecule has 0 aromatic carbocycles. The maximum absolute atomic E-state index is 13.3. The van der Waals surface area contributed by atoms with Crippen molar-refractivity contribution in [1.82, 2.24) is 14.5 Å². The number of aryl methyl sites for hydroxylation is 1. The van der Waals surface area contributed by atoms with Crippen LogP contribution in [0, 0.1) is 12.9 Å². The molecule has 0 atom stereocenters. The van der Waals surface area contributed by atoms with Crippen molar-refractivity contribution in [2.24, 2.45) is 4.99 Å². The zero-order valence-electron chi connectivity index (χ0n) is 16.4. The molecule has 0 spiro atoms. The van der Waals surface area contributed by atoms with Crippen molar-refractivity contribution in [2.75, 3.05) is 0 Å². The lowest BCUT2D eigenvalue weighted by molar-refractivity contribution is 0.589. The molecule has 0 bridgehead atoms. The predicted molar refractivity (Wildman–Crippen MR) is 109 cm³/mol. The van der Waals surface area contributed by atoms with E-state index in [1.165, 1.54) is 6.07 Å². The van der Waals surface area contributed by atoms with Crippen molar-refractivity contribution in [3.8, 4) is 5.82 Å². The summed E-state index contributed by atoms with van der Waals surface area (Å²) in [5.41, 5.74) is 2.59. The normalized spacial score (nSPS) is 10.6. The maximum Gasteiger partial charge on any atom is 0.213 e. The minimum absolute atomic E-state index is 0.497. The molecule has 3 aromatic heterocycles. The molecule has 0 fully saturated rings. The number of aromatic nitrogens is 3. The number of fused-ring (bicyclic) bond motifs is 1. The molecule has 0 radical (unpaired) electrons. The molecule has 5 heteroatoms. The Morgan fingerprint density at radius 3 is 2.54 bits per heavy atom. The van der Waals surface area contributed by atoms with E-state index in [1.54, 1.807) is 30.7 Å². The minimum atomic E-state index is -0.497. The zero-order valence-corrected chi connectivity index (χ0v) is 16.4. The zero-order chi connectivity index (χ0) is 19.5. The van der Waals surface area contributed by atoms with Crippen molar-refractivity contribution < 1.29 is 4.39 Å². The molecule has 3 heterocycles. The monoisotopic (exact) mass is 354 g/mol.